The van der Waals surface area contributed by atoms with Crippen molar-refractivity contribution >= 4 is 23.2 Å². The van der Waals surface area contributed by atoms with Crippen LogP contribution in [-0.4, -0.2) is 9.78 Å². The van der Waals surface area contributed by atoms with E-state index in [1.807, 2.05) is 30.8 Å². The first-order chi connectivity index (χ1) is 8.47. The molecular formula is C13H15Cl2N3. The number of hydrogen-bond donors (Lipinski definition) is 1. The van der Waals surface area contributed by atoms with Gasteiger partial charge in [0, 0.05) is 22.8 Å². The lowest BCUT2D eigenvalue weighted by atomic mass is 10.0. The molecule has 0 fully saturated rings. The van der Waals surface area contributed by atoms with Gasteiger partial charge in [0.05, 0.1) is 11.7 Å². The van der Waals surface area contributed by atoms with Crippen molar-refractivity contribution in [3.8, 4) is 0 Å². The number of aromatic nitrogens is 2. The van der Waals surface area contributed by atoms with Crippen LogP contribution in [0.2, 0.25) is 10.0 Å². The van der Waals surface area contributed by atoms with Gasteiger partial charge in [0.1, 0.15) is 0 Å². The van der Waals surface area contributed by atoms with Crippen molar-refractivity contribution in [3.63, 3.8) is 0 Å². The van der Waals surface area contributed by atoms with E-state index >= 15 is 0 Å². The minimum Gasteiger partial charge on any atom is -0.322 e. The molecule has 18 heavy (non-hydrogen) atoms. The number of halogens is 2. The van der Waals surface area contributed by atoms with Crippen LogP contribution in [0.15, 0.2) is 24.3 Å². The van der Waals surface area contributed by atoms with Crippen molar-refractivity contribution in [2.24, 2.45) is 12.8 Å². The van der Waals surface area contributed by atoms with E-state index in [1.54, 1.807) is 12.1 Å². The third-order valence-corrected chi connectivity index (χ3v) is 3.56. The zero-order valence-corrected chi connectivity index (χ0v) is 11.8. The SMILES string of the molecule is Cc1cc(C(N)Cc2cc(Cl)ccc2Cl)nn1C. The van der Waals surface area contributed by atoms with E-state index in [0.29, 0.717) is 16.5 Å². The lowest BCUT2D eigenvalue weighted by Gasteiger charge is -2.10. The highest BCUT2D eigenvalue weighted by Gasteiger charge is 2.13. The Morgan fingerprint density at radius 1 is 1.33 bits per heavy atom. The summed E-state index contributed by atoms with van der Waals surface area (Å²) in [7, 11) is 1.90. The van der Waals surface area contributed by atoms with Gasteiger partial charge in [0.15, 0.2) is 0 Å². The molecule has 0 spiro atoms. The largest absolute Gasteiger partial charge is 0.322 e. The summed E-state index contributed by atoms with van der Waals surface area (Å²) in [4.78, 5) is 0. The van der Waals surface area contributed by atoms with Gasteiger partial charge in [-0.15, -0.1) is 0 Å². The molecule has 1 aromatic carbocycles. The van der Waals surface area contributed by atoms with Crippen LogP contribution in [-0.2, 0) is 13.5 Å². The number of hydrogen-bond acceptors (Lipinski definition) is 2. The molecule has 0 aliphatic carbocycles. The molecule has 1 heterocycles. The molecular weight excluding hydrogens is 269 g/mol. The Hall–Kier alpha value is -1.03. The van der Waals surface area contributed by atoms with E-state index in [9.17, 15) is 0 Å². The lowest BCUT2D eigenvalue weighted by Crippen LogP contribution is -2.14. The first-order valence-corrected chi connectivity index (χ1v) is 6.43. The summed E-state index contributed by atoms with van der Waals surface area (Å²) in [5.41, 5.74) is 9.04. The molecule has 0 bridgehead atoms. The second kappa shape index (κ2) is 5.31. The number of benzene rings is 1. The summed E-state index contributed by atoms with van der Waals surface area (Å²) in [6.07, 6.45) is 0.621. The molecule has 3 nitrogen and oxygen atoms in total. The smallest absolute Gasteiger partial charge is 0.0797 e. The first kappa shape index (κ1) is 13.4. The van der Waals surface area contributed by atoms with E-state index in [0.717, 1.165) is 17.0 Å². The second-order valence-corrected chi connectivity index (χ2v) is 5.22. The molecule has 0 saturated heterocycles. The molecule has 0 aliphatic heterocycles. The number of rotatable bonds is 3. The van der Waals surface area contributed by atoms with Gasteiger partial charge in [-0.05, 0) is 43.2 Å². The Kier molecular flexibility index (Phi) is 3.95. The van der Waals surface area contributed by atoms with E-state index < -0.39 is 0 Å². The van der Waals surface area contributed by atoms with Crippen molar-refractivity contribution in [1.29, 1.82) is 0 Å². The molecule has 0 amide bonds. The Bertz CT molecular complexity index is 544. The maximum atomic E-state index is 6.15. The number of aryl methyl sites for hydroxylation is 2. The highest BCUT2D eigenvalue weighted by atomic mass is 35.5. The van der Waals surface area contributed by atoms with E-state index in [2.05, 4.69) is 5.10 Å². The van der Waals surface area contributed by atoms with E-state index in [-0.39, 0.29) is 6.04 Å². The summed E-state index contributed by atoms with van der Waals surface area (Å²) in [5.74, 6) is 0. The summed E-state index contributed by atoms with van der Waals surface area (Å²) >= 11 is 12.1. The Morgan fingerprint density at radius 3 is 2.67 bits per heavy atom. The van der Waals surface area contributed by atoms with Crippen LogP contribution in [0.1, 0.15) is 23.0 Å². The van der Waals surface area contributed by atoms with Crippen LogP contribution < -0.4 is 5.73 Å². The maximum Gasteiger partial charge on any atom is 0.0797 e. The molecule has 1 atom stereocenters. The highest BCUT2D eigenvalue weighted by molar-refractivity contribution is 6.33. The molecule has 0 radical (unpaired) electrons. The Labute approximate surface area is 117 Å². The quantitative estimate of drug-likeness (QED) is 0.940. The van der Waals surface area contributed by atoms with E-state index in [1.165, 1.54) is 0 Å². The number of nitrogens with zero attached hydrogens (tertiary/aromatic N) is 2. The molecule has 2 aromatic rings. The number of nitrogens with two attached hydrogens (primary N) is 1. The first-order valence-electron chi connectivity index (χ1n) is 5.67. The third-order valence-electron chi connectivity index (χ3n) is 2.96. The summed E-state index contributed by atoms with van der Waals surface area (Å²) in [6.45, 7) is 2.00. The fourth-order valence-electron chi connectivity index (χ4n) is 1.81. The van der Waals surface area contributed by atoms with Crippen molar-refractivity contribution in [2.45, 2.75) is 19.4 Å². The Morgan fingerprint density at radius 2 is 2.06 bits per heavy atom. The van der Waals surface area contributed by atoms with Crippen LogP contribution in [0.4, 0.5) is 0 Å². The zero-order chi connectivity index (χ0) is 13.3. The van der Waals surface area contributed by atoms with Gasteiger partial charge >= 0.3 is 0 Å². The molecule has 2 rings (SSSR count). The fraction of sp³-hybridized carbons (Fsp3) is 0.308. The van der Waals surface area contributed by atoms with Crippen molar-refractivity contribution in [3.05, 3.63) is 51.3 Å². The predicted octanol–water partition coefficient (Wildman–Crippen LogP) is 3.28. The van der Waals surface area contributed by atoms with Crippen LogP contribution in [0.5, 0.6) is 0 Å². The molecule has 0 aliphatic rings. The van der Waals surface area contributed by atoms with Crippen molar-refractivity contribution in [1.82, 2.24) is 9.78 Å². The maximum absolute atomic E-state index is 6.15. The Balaban J connectivity index is 2.20. The summed E-state index contributed by atoms with van der Waals surface area (Å²) in [6, 6.07) is 7.21. The van der Waals surface area contributed by atoms with Gasteiger partial charge in [-0.3, -0.25) is 4.68 Å². The van der Waals surface area contributed by atoms with Crippen LogP contribution in [0.25, 0.3) is 0 Å². The van der Waals surface area contributed by atoms with Crippen LogP contribution in [0, 0.1) is 6.92 Å². The van der Waals surface area contributed by atoms with Gasteiger partial charge in [0.25, 0.3) is 0 Å². The van der Waals surface area contributed by atoms with E-state index in [4.69, 9.17) is 28.9 Å². The fourth-order valence-corrected chi connectivity index (χ4v) is 2.20. The van der Waals surface area contributed by atoms with Gasteiger partial charge in [0.2, 0.25) is 0 Å². The van der Waals surface area contributed by atoms with Crippen molar-refractivity contribution in [2.75, 3.05) is 0 Å². The van der Waals surface area contributed by atoms with Gasteiger partial charge in [-0.1, -0.05) is 23.2 Å². The lowest BCUT2D eigenvalue weighted by molar-refractivity contribution is 0.652. The van der Waals surface area contributed by atoms with Gasteiger partial charge in [-0.25, -0.2) is 0 Å². The molecule has 96 valence electrons. The molecule has 0 saturated carbocycles. The molecule has 5 heteroatoms. The average molecular weight is 284 g/mol. The van der Waals surface area contributed by atoms with Crippen molar-refractivity contribution < 1.29 is 0 Å². The normalized spacial score (nSPS) is 12.7. The highest BCUT2D eigenvalue weighted by Crippen LogP contribution is 2.25. The zero-order valence-electron chi connectivity index (χ0n) is 10.3. The monoisotopic (exact) mass is 283 g/mol. The topological polar surface area (TPSA) is 43.8 Å². The van der Waals surface area contributed by atoms with Gasteiger partial charge < -0.3 is 5.73 Å². The standard InChI is InChI=1S/C13H15Cl2N3/c1-8-5-13(17-18(8)2)12(16)7-9-6-10(14)3-4-11(9)15/h3-6,12H,7,16H2,1-2H3. The molecule has 1 unspecified atom stereocenters. The minimum absolute atomic E-state index is 0.180. The van der Waals surface area contributed by atoms with Crippen LogP contribution >= 0.6 is 23.2 Å². The third kappa shape index (κ3) is 2.86. The average Bonchev–Trinajstić information content (AvgIpc) is 2.64. The molecule has 1 aromatic heterocycles. The summed E-state index contributed by atoms with van der Waals surface area (Å²) < 4.78 is 1.81. The second-order valence-electron chi connectivity index (χ2n) is 4.38. The van der Waals surface area contributed by atoms with Crippen LogP contribution in [0.3, 0.4) is 0 Å². The molecule has 2 N–H and O–H groups in total. The summed E-state index contributed by atoms with van der Waals surface area (Å²) in [5, 5.41) is 5.72. The predicted molar refractivity (Wildman–Crippen MR) is 75.0 cm³/mol. The minimum atomic E-state index is -0.180. The van der Waals surface area contributed by atoms with Gasteiger partial charge in [-0.2, -0.15) is 5.10 Å².